The molecule has 2 aromatic rings. The highest BCUT2D eigenvalue weighted by atomic mass is 16.3. The van der Waals surface area contributed by atoms with E-state index in [-0.39, 0.29) is 16.2 Å². The van der Waals surface area contributed by atoms with Gasteiger partial charge >= 0.3 is 0 Å². The minimum absolute atomic E-state index is 0.161. The van der Waals surface area contributed by atoms with Gasteiger partial charge in [0.1, 0.15) is 5.76 Å². The summed E-state index contributed by atoms with van der Waals surface area (Å²) in [6.45, 7) is 12.0. The summed E-state index contributed by atoms with van der Waals surface area (Å²) in [5.74, 6) is 0.520. The lowest BCUT2D eigenvalue weighted by Gasteiger charge is -2.43. The van der Waals surface area contributed by atoms with Crippen molar-refractivity contribution in [3.05, 3.63) is 75.4 Å². The largest absolute Gasteiger partial charge is 0.507 e. The summed E-state index contributed by atoms with van der Waals surface area (Å²) in [7, 11) is 0. The van der Waals surface area contributed by atoms with Crippen molar-refractivity contribution in [2.75, 3.05) is 0 Å². The molecular formula is C29H36O. The number of allylic oxidation sites excluding steroid dienone is 1. The van der Waals surface area contributed by atoms with Crippen LogP contribution in [0.5, 0.6) is 0 Å². The molecule has 0 amide bonds. The second-order valence-electron chi connectivity index (χ2n) is 11.4. The average molecular weight is 401 g/mol. The van der Waals surface area contributed by atoms with Crippen LogP contribution in [-0.2, 0) is 16.2 Å². The second-order valence-corrected chi connectivity index (χ2v) is 11.4. The summed E-state index contributed by atoms with van der Waals surface area (Å²) < 4.78 is 0. The number of hydrogen-bond acceptors (Lipinski definition) is 1. The molecule has 0 aliphatic heterocycles. The number of aryl methyl sites for hydroxylation is 1. The van der Waals surface area contributed by atoms with E-state index in [0.29, 0.717) is 5.76 Å². The van der Waals surface area contributed by atoms with Gasteiger partial charge in [-0.3, -0.25) is 0 Å². The Morgan fingerprint density at radius 2 is 1.33 bits per heavy atom. The summed E-state index contributed by atoms with van der Waals surface area (Å²) in [6, 6.07) is 13.9. The topological polar surface area (TPSA) is 20.2 Å². The minimum atomic E-state index is 0.161. The Morgan fingerprint density at radius 1 is 0.767 bits per heavy atom. The van der Waals surface area contributed by atoms with Gasteiger partial charge in [0.05, 0.1) is 0 Å². The Labute approximate surface area is 182 Å². The standard InChI is InChI=1S/C29H36O/c1-19-17-24-25(28(4,5)14-13-27(24,2)3)18-23(19)29(15-16-29)22-11-9-21(10-12-22)26(30)20-7-6-8-20/h9-12,17-18,30H,6-8,13-16H2,1-5H3. The van der Waals surface area contributed by atoms with Crippen LogP contribution in [0.2, 0.25) is 0 Å². The van der Waals surface area contributed by atoms with Crippen LogP contribution in [0, 0.1) is 6.92 Å². The first-order chi connectivity index (χ1) is 14.1. The van der Waals surface area contributed by atoms with Gasteiger partial charge in [0.2, 0.25) is 0 Å². The number of fused-ring (bicyclic) bond motifs is 1. The van der Waals surface area contributed by atoms with Gasteiger partial charge in [0.15, 0.2) is 0 Å². The molecule has 0 radical (unpaired) electrons. The van der Waals surface area contributed by atoms with Gasteiger partial charge in [0.25, 0.3) is 0 Å². The third-order valence-corrected chi connectivity index (χ3v) is 8.47. The molecule has 5 rings (SSSR count). The van der Waals surface area contributed by atoms with Gasteiger partial charge in [-0.2, -0.15) is 0 Å². The van der Waals surface area contributed by atoms with E-state index in [9.17, 15) is 5.11 Å². The molecule has 0 heterocycles. The summed E-state index contributed by atoms with van der Waals surface area (Å²) in [4.78, 5) is 0. The maximum Gasteiger partial charge on any atom is 0.121 e. The molecule has 2 saturated carbocycles. The van der Waals surface area contributed by atoms with Gasteiger partial charge in [-0.15, -0.1) is 0 Å². The van der Waals surface area contributed by atoms with E-state index in [1.807, 2.05) is 0 Å². The maximum atomic E-state index is 10.5. The zero-order valence-electron chi connectivity index (χ0n) is 19.4. The van der Waals surface area contributed by atoms with Gasteiger partial charge in [-0.1, -0.05) is 64.1 Å². The predicted molar refractivity (Wildman–Crippen MR) is 126 cm³/mol. The molecule has 2 fully saturated rings. The zero-order valence-corrected chi connectivity index (χ0v) is 19.4. The maximum absolute atomic E-state index is 10.5. The Kier molecular flexibility index (Phi) is 4.31. The van der Waals surface area contributed by atoms with Crippen molar-refractivity contribution in [1.29, 1.82) is 0 Å². The summed E-state index contributed by atoms with van der Waals surface area (Å²) in [6.07, 6.45) is 8.29. The minimum Gasteiger partial charge on any atom is -0.507 e. The van der Waals surface area contributed by atoms with Crippen LogP contribution in [-0.4, -0.2) is 5.11 Å². The van der Waals surface area contributed by atoms with Gasteiger partial charge in [0, 0.05) is 11.0 Å². The molecule has 1 N–H and O–H groups in total. The van der Waals surface area contributed by atoms with Crippen molar-refractivity contribution in [3.8, 4) is 0 Å². The van der Waals surface area contributed by atoms with E-state index in [2.05, 4.69) is 71.0 Å². The Bertz CT molecular complexity index is 1020. The Morgan fingerprint density at radius 3 is 1.83 bits per heavy atom. The molecule has 3 aliphatic carbocycles. The van der Waals surface area contributed by atoms with Crippen LogP contribution in [0.1, 0.15) is 106 Å². The molecule has 1 heteroatoms. The predicted octanol–water partition coefficient (Wildman–Crippen LogP) is 7.88. The highest BCUT2D eigenvalue weighted by Gasteiger charge is 2.48. The molecule has 30 heavy (non-hydrogen) atoms. The lowest BCUT2D eigenvalue weighted by Crippen LogP contribution is -2.34. The molecule has 0 aromatic heterocycles. The fourth-order valence-electron chi connectivity index (χ4n) is 5.82. The third kappa shape index (κ3) is 2.96. The van der Waals surface area contributed by atoms with Gasteiger partial charge in [-0.25, -0.2) is 0 Å². The van der Waals surface area contributed by atoms with Crippen LogP contribution in [0.4, 0.5) is 0 Å². The third-order valence-electron chi connectivity index (χ3n) is 8.47. The molecule has 0 atom stereocenters. The quantitative estimate of drug-likeness (QED) is 0.520. The molecular weight excluding hydrogens is 364 g/mol. The molecule has 1 nitrogen and oxygen atoms in total. The first-order valence-corrected chi connectivity index (χ1v) is 11.8. The molecule has 158 valence electrons. The SMILES string of the molecule is Cc1cc2c(cc1C1(c3ccc(C(O)=C4CCC4)cc3)CC1)C(C)(C)CCC2(C)C. The van der Waals surface area contributed by atoms with Gasteiger partial charge < -0.3 is 5.11 Å². The van der Waals surface area contributed by atoms with Crippen LogP contribution < -0.4 is 0 Å². The van der Waals surface area contributed by atoms with E-state index in [0.717, 1.165) is 18.4 Å². The lowest BCUT2D eigenvalue weighted by atomic mass is 9.62. The fraction of sp³-hybridized carbons (Fsp3) is 0.517. The van der Waals surface area contributed by atoms with Crippen LogP contribution in [0.25, 0.3) is 5.76 Å². The highest BCUT2D eigenvalue weighted by molar-refractivity contribution is 5.64. The van der Waals surface area contributed by atoms with E-state index < -0.39 is 0 Å². The van der Waals surface area contributed by atoms with Crippen molar-refractivity contribution in [2.45, 2.75) is 95.8 Å². The van der Waals surface area contributed by atoms with E-state index >= 15 is 0 Å². The first kappa shape index (κ1) is 19.9. The lowest BCUT2D eigenvalue weighted by molar-refractivity contribution is 0.331. The Balaban J connectivity index is 1.56. The molecule has 0 bridgehead atoms. The number of aliphatic hydroxyl groups is 1. The summed E-state index contributed by atoms with van der Waals surface area (Å²) >= 11 is 0. The average Bonchev–Trinajstić information content (AvgIpc) is 3.46. The van der Waals surface area contributed by atoms with Crippen molar-refractivity contribution in [2.24, 2.45) is 0 Å². The molecule has 3 aliphatic rings. The molecule has 2 aromatic carbocycles. The number of aliphatic hydroxyl groups excluding tert-OH is 1. The molecule has 0 spiro atoms. The summed E-state index contributed by atoms with van der Waals surface area (Å²) in [5, 5.41) is 10.5. The number of benzene rings is 2. The van der Waals surface area contributed by atoms with Crippen LogP contribution in [0.3, 0.4) is 0 Å². The van der Waals surface area contributed by atoms with Crippen molar-refractivity contribution in [3.63, 3.8) is 0 Å². The van der Waals surface area contributed by atoms with Crippen molar-refractivity contribution >= 4 is 5.76 Å². The van der Waals surface area contributed by atoms with E-state index in [1.54, 1.807) is 11.1 Å². The molecule has 0 unspecified atom stereocenters. The number of rotatable bonds is 3. The van der Waals surface area contributed by atoms with Crippen LogP contribution >= 0.6 is 0 Å². The van der Waals surface area contributed by atoms with Crippen molar-refractivity contribution < 1.29 is 5.11 Å². The second kappa shape index (κ2) is 6.49. The van der Waals surface area contributed by atoms with Crippen LogP contribution in [0.15, 0.2) is 42.0 Å². The fourth-order valence-corrected chi connectivity index (χ4v) is 5.82. The highest BCUT2D eigenvalue weighted by Crippen LogP contribution is 2.56. The first-order valence-electron chi connectivity index (χ1n) is 11.8. The zero-order chi connectivity index (χ0) is 21.3. The smallest absolute Gasteiger partial charge is 0.121 e. The monoisotopic (exact) mass is 400 g/mol. The number of hydrogen-bond donors (Lipinski definition) is 1. The van der Waals surface area contributed by atoms with E-state index in [4.69, 9.17) is 0 Å². The summed E-state index contributed by atoms with van der Waals surface area (Å²) in [5.41, 5.74) is 10.4. The molecule has 0 saturated heterocycles. The normalized spacial score (nSPS) is 22.8. The Hall–Kier alpha value is -2.02. The van der Waals surface area contributed by atoms with Gasteiger partial charge in [-0.05, 0) is 96.1 Å². The van der Waals surface area contributed by atoms with E-state index in [1.165, 1.54) is 54.4 Å². The van der Waals surface area contributed by atoms with Crippen molar-refractivity contribution in [1.82, 2.24) is 0 Å².